The second-order valence-electron chi connectivity index (χ2n) is 4.63. The third-order valence-electron chi connectivity index (χ3n) is 2.68. The van der Waals surface area contributed by atoms with Crippen LogP contribution in [0.25, 0.3) is 0 Å². The molecule has 0 saturated heterocycles. The highest BCUT2D eigenvalue weighted by Crippen LogP contribution is 2.17. The number of carboxylic acid groups (broad SMARTS) is 1. The molecular formula is C16H25NO7. The van der Waals surface area contributed by atoms with Crippen LogP contribution in [0.4, 0.5) is 0 Å². The Balaban J connectivity index is 2.02. The third-order valence-corrected chi connectivity index (χ3v) is 2.68. The number of benzene rings is 1. The number of rotatable bonds is 15. The minimum atomic E-state index is -0.992. The Morgan fingerprint density at radius 3 is 1.75 bits per heavy atom. The topological polar surface area (TPSA) is 109 Å². The molecule has 0 aliphatic heterocycles. The molecular weight excluding hydrogens is 318 g/mol. The molecule has 1 aromatic rings. The molecule has 0 aromatic heterocycles. The zero-order valence-corrected chi connectivity index (χ0v) is 13.6. The second-order valence-corrected chi connectivity index (χ2v) is 4.63. The fourth-order valence-electron chi connectivity index (χ4n) is 1.63. The third kappa shape index (κ3) is 10.8. The van der Waals surface area contributed by atoms with Gasteiger partial charge in [-0.2, -0.15) is 0 Å². The van der Waals surface area contributed by atoms with E-state index in [-0.39, 0.29) is 13.2 Å². The highest BCUT2D eigenvalue weighted by molar-refractivity contribution is 5.67. The fraction of sp³-hybridized carbons (Fsp3) is 0.562. The van der Waals surface area contributed by atoms with Crippen LogP contribution in [0, 0.1) is 0 Å². The zero-order chi connectivity index (χ0) is 17.5. The van der Waals surface area contributed by atoms with Crippen LogP contribution in [-0.4, -0.2) is 70.5 Å². The molecule has 0 aliphatic carbocycles. The lowest BCUT2D eigenvalue weighted by atomic mass is 10.3. The fourth-order valence-corrected chi connectivity index (χ4v) is 1.63. The van der Waals surface area contributed by atoms with Crippen molar-refractivity contribution in [3.63, 3.8) is 0 Å². The molecule has 24 heavy (non-hydrogen) atoms. The Hall–Kier alpha value is -1.87. The summed E-state index contributed by atoms with van der Waals surface area (Å²) < 4.78 is 26.3. The minimum absolute atomic E-state index is 0.243. The van der Waals surface area contributed by atoms with Crippen molar-refractivity contribution in [1.82, 2.24) is 0 Å². The Bertz CT molecular complexity index is 439. The van der Waals surface area contributed by atoms with E-state index in [0.717, 1.165) is 5.75 Å². The van der Waals surface area contributed by atoms with Crippen molar-refractivity contribution in [2.75, 3.05) is 59.4 Å². The first kappa shape index (κ1) is 20.2. The van der Waals surface area contributed by atoms with Gasteiger partial charge in [0.1, 0.15) is 31.3 Å². The van der Waals surface area contributed by atoms with E-state index in [1.807, 2.05) is 24.3 Å². The predicted molar refractivity (Wildman–Crippen MR) is 86.6 cm³/mol. The van der Waals surface area contributed by atoms with Crippen LogP contribution >= 0.6 is 0 Å². The average molecular weight is 343 g/mol. The van der Waals surface area contributed by atoms with Crippen molar-refractivity contribution in [2.45, 2.75) is 0 Å². The maximum absolute atomic E-state index is 10.2. The lowest BCUT2D eigenvalue weighted by Crippen LogP contribution is -2.14. The Labute approximate surface area is 141 Å². The van der Waals surface area contributed by atoms with Gasteiger partial charge in [-0.1, -0.05) is 0 Å². The minimum Gasteiger partial charge on any atom is -0.491 e. The number of ether oxygens (including phenoxy) is 5. The molecule has 0 heterocycles. The first-order chi connectivity index (χ1) is 11.7. The normalized spacial score (nSPS) is 10.5. The van der Waals surface area contributed by atoms with Gasteiger partial charge < -0.3 is 34.5 Å². The highest BCUT2D eigenvalue weighted by atomic mass is 16.5. The lowest BCUT2D eigenvalue weighted by Gasteiger charge is -2.09. The molecule has 0 saturated carbocycles. The van der Waals surface area contributed by atoms with E-state index in [2.05, 4.69) is 0 Å². The summed E-state index contributed by atoms with van der Waals surface area (Å²) in [5.41, 5.74) is 5.31. The monoisotopic (exact) mass is 343 g/mol. The number of aliphatic carboxylic acids is 1. The van der Waals surface area contributed by atoms with Crippen molar-refractivity contribution in [2.24, 2.45) is 5.73 Å². The van der Waals surface area contributed by atoms with Crippen LogP contribution in [0.3, 0.4) is 0 Å². The van der Waals surface area contributed by atoms with Crippen LogP contribution in [-0.2, 0) is 19.0 Å². The molecule has 8 nitrogen and oxygen atoms in total. The number of nitrogens with two attached hydrogens (primary N) is 1. The summed E-state index contributed by atoms with van der Waals surface area (Å²) in [7, 11) is 0. The molecule has 8 heteroatoms. The van der Waals surface area contributed by atoms with E-state index in [1.54, 1.807) is 0 Å². The molecule has 0 unspecified atom stereocenters. The summed E-state index contributed by atoms with van der Waals surface area (Å²) >= 11 is 0. The van der Waals surface area contributed by atoms with Crippen molar-refractivity contribution in [3.05, 3.63) is 24.3 Å². The molecule has 0 fully saturated rings. The van der Waals surface area contributed by atoms with E-state index >= 15 is 0 Å². The molecule has 1 rings (SSSR count). The van der Waals surface area contributed by atoms with Crippen LogP contribution in [0.5, 0.6) is 11.5 Å². The summed E-state index contributed by atoms with van der Waals surface area (Å²) in [6.07, 6.45) is 0. The van der Waals surface area contributed by atoms with Gasteiger partial charge in [-0.15, -0.1) is 0 Å². The van der Waals surface area contributed by atoms with E-state index in [9.17, 15) is 4.79 Å². The molecule has 0 bridgehead atoms. The molecule has 0 spiro atoms. The first-order valence-electron chi connectivity index (χ1n) is 7.73. The lowest BCUT2D eigenvalue weighted by molar-refractivity contribution is -0.142. The summed E-state index contributed by atoms with van der Waals surface area (Å²) in [6.45, 7) is 3.06. The van der Waals surface area contributed by atoms with Gasteiger partial charge >= 0.3 is 5.97 Å². The molecule has 3 N–H and O–H groups in total. The number of carboxylic acids is 1. The van der Waals surface area contributed by atoms with Gasteiger partial charge in [-0.3, -0.25) is 0 Å². The quantitative estimate of drug-likeness (QED) is 0.444. The SMILES string of the molecule is NCCOCCOc1ccc(OCCOCCOCC(=O)O)cc1. The summed E-state index contributed by atoms with van der Waals surface area (Å²) in [4.78, 5) is 10.2. The average Bonchev–Trinajstić information content (AvgIpc) is 2.58. The van der Waals surface area contributed by atoms with Crippen LogP contribution in [0.2, 0.25) is 0 Å². The number of hydrogen-bond donors (Lipinski definition) is 2. The van der Waals surface area contributed by atoms with Crippen LogP contribution in [0.15, 0.2) is 24.3 Å². The molecule has 0 atom stereocenters. The summed E-state index contributed by atoms with van der Waals surface area (Å²) in [5, 5.41) is 8.38. The van der Waals surface area contributed by atoms with Gasteiger partial charge in [-0.05, 0) is 24.3 Å². The maximum atomic E-state index is 10.2. The standard InChI is InChI=1S/C16H25NO7/c17-5-6-20-9-11-23-14-1-3-15(4-2-14)24-12-10-21-7-8-22-13-16(18)19/h1-4H,5-13,17H2,(H,18,19). The van der Waals surface area contributed by atoms with Gasteiger partial charge in [-0.25, -0.2) is 4.79 Å². The van der Waals surface area contributed by atoms with E-state index in [1.165, 1.54) is 0 Å². The van der Waals surface area contributed by atoms with Gasteiger partial charge in [0, 0.05) is 6.54 Å². The second kappa shape index (κ2) is 13.6. The predicted octanol–water partition coefficient (Wildman–Crippen LogP) is 0.537. The van der Waals surface area contributed by atoms with Gasteiger partial charge in [0.2, 0.25) is 0 Å². The number of hydrogen-bond acceptors (Lipinski definition) is 7. The van der Waals surface area contributed by atoms with Crippen LogP contribution in [0.1, 0.15) is 0 Å². The molecule has 0 aliphatic rings. The maximum Gasteiger partial charge on any atom is 0.329 e. The van der Waals surface area contributed by atoms with E-state index in [4.69, 9.17) is 34.5 Å². The zero-order valence-electron chi connectivity index (χ0n) is 13.6. The molecule has 0 amide bonds. The Kier molecular flexibility index (Phi) is 11.4. The first-order valence-corrected chi connectivity index (χ1v) is 7.73. The molecule has 0 radical (unpaired) electrons. The number of carbonyl (C=O) groups is 1. The molecule has 1 aromatic carbocycles. The van der Waals surface area contributed by atoms with Gasteiger partial charge in [0.05, 0.1) is 33.0 Å². The van der Waals surface area contributed by atoms with E-state index in [0.29, 0.717) is 51.9 Å². The Morgan fingerprint density at radius 2 is 1.25 bits per heavy atom. The molecule has 136 valence electrons. The van der Waals surface area contributed by atoms with Crippen molar-refractivity contribution < 1.29 is 33.6 Å². The highest BCUT2D eigenvalue weighted by Gasteiger charge is 1.98. The summed E-state index contributed by atoms with van der Waals surface area (Å²) in [5.74, 6) is 0.465. The van der Waals surface area contributed by atoms with E-state index < -0.39 is 5.97 Å². The van der Waals surface area contributed by atoms with Gasteiger partial charge in [0.15, 0.2) is 0 Å². The largest absolute Gasteiger partial charge is 0.491 e. The van der Waals surface area contributed by atoms with Crippen molar-refractivity contribution in [3.8, 4) is 11.5 Å². The smallest absolute Gasteiger partial charge is 0.329 e. The summed E-state index contributed by atoms with van der Waals surface area (Å²) in [6, 6.07) is 7.26. The van der Waals surface area contributed by atoms with Crippen LogP contribution < -0.4 is 15.2 Å². The van der Waals surface area contributed by atoms with Gasteiger partial charge in [0.25, 0.3) is 0 Å². The van der Waals surface area contributed by atoms with Crippen molar-refractivity contribution >= 4 is 5.97 Å². The Morgan fingerprint density at radius 1 is 0.792 bits per heavy atom. The van der Waals surface area contributed by atoms with Crippen molar-refractivity contribution in [1.29, 1.82) is 0 Å².